The number of rotatable bonds is 5. The second-order valence-corrected chi connectivity index (χ2v) is 9.37. The zero-order chi connectivity index (χ0) is 18.7. The zero-order valence-electron chi connectivity index (χ0n) is 11.9. The van der Waals surface area contributed by atoms with Crippen LogP contribution in [0.4, 0.5) is 5.69 Å². The van der Waals surface area contributed by atoms with Gasteiger partial charge < -0.3 is 10.4 Å². The van der Waals surface area contributed by atoms with Gasteiger partial charge in [0.05, 0.1) is 25.9 Å². The summed E-state index contributed by atoms with van der Waals surface area (Å²) in [6.07, 6.45) is 1.49. The van der Waals surface area contributed by atoms with Gasteiger partial charge in [0.2, 0.25) is 5.91 Å². The Morgan fingerprint density at radius 2 is 1.60 bits per heavy atom. The van der Waals surface area contributed by atoms with Gasteiger partial charge in [0.25, 0.3) is 0 Å². The first-order valence-corrected chi connectivity index (χ1v) is 11.3. The lowest BCUT2D eigenvalue weighted by atomic mass is 10.3. The predicted molar refractivity (Wildman–Crippen MR) is 115 cm³/mol. The molecule has 0 saturated carbocycles. The number of hydrogen-bond donors (Lipinski definition) is 2. The lowest BCUT2D eigenvalue weighted by Crippen LogP contribution is -2.15. The van der Waals surface area contributed by atoms with Crippen LogP contribution < -0.4 is 5.32 Å². The molecule has 1 amide bonds. The van der Waals surface area contributed by atoms with Gasteiger partial charge in [-0.05, 0) is 91.8 Å². The van der Waals surface area contributed by atoms with E-state index in [2.05, 4.69) is 90.0 Å². The summed E-state index contributed by atoms with van der Waals surface area (Å²) in [5.41, 5.74) is 0.615. The molecule has 0 radical (unpaired) electrons. The molecule has 0 fully saturated rings. The number of halogens is 5. The molecule has 0 spiro atoms. The van der Waals surface area contributed by atoms with Gasteiger partial charge in [-0.25, -0.2) is 9.78 Å². The molecule has 0 unspecified atom stereocenters. The standard InChI is InChI=1S/C14H7Br5N2O3S/c15-7-8(16)10(18)12(11(19)9(7)17)21-6(22)4-25-13-5(14(23)24)2-1-3-20-13/h1-3H,4H2,(H,21,22)(H,23,24). The molecular formula is C14H7Br5N2O3S. The molecule has 0 saturated heterocycles. The van der Waals surface area contributed by atoms with Crippen molar-refractivity contribution in [2.75, 3.05) is 11.1 Å². The van der Waals surface area contributed by atoms with Gasteiger partial charge in [-0.2, -0.15) is 0 Å². The summed E-state index contributed by atoms with van der Waals surface area (Å²) in [5.74, 6) is -1.36. The van der Waals surface area contributed by atoms with Crippen LogP contribution in [0, 0.1) is 0 Å². The Hall–Kier alpha value is 0.0600. The van der Waals surface area contributed by atoms with Crippen LogP contribution >= 0.6 is 91.4 Å². The fraction of sp³-hybridized carbons (Fsp3) is 0.0714. The number of pyridine rings is 1. The topological polar surface area (TPSA) is 79.3 Å². The van der Waals surface area contributed by atoms with Gasteiger partial charge in [-0.1, -0.05) is 11.8 Å². The number of carbonyl (C=O) groups excluding carboxylic acids is 1. The summed E-state index contributed by atoms with van der Waals surface area (Å²) in [7, 11) is 0. The van der Waals surface area contributed by atoms with Crippen LogP contribution in [0.3, 0.4) is 0 Å². The number of nitrogens with one attached hydrogen (secondary N) is 1. The third kappa shape index (κ3) is 5.07. The van der Waals surface area contributed by atoms with E-state index in [0.717, 1.165) is 25.2 Å². The molecule has 11 heteroatoms. The molecule has 2 N–H and O–H groups in total. The summed E-state index contributed by atoms with van der Waals surface area (Å²) in [6.45, 7) is 0. The highest BCUT2D eigenvalue weighted by Crippen LogP contribution is 2.47. The highest BCUT2D eigenvalue weighted by Gasteiger charge is 2.20. The number of carboxylic acids is 1. The molecule has 132 valence electrons. The van der Waals surface area contributed by atoms with Gasteiger partial charge in [0.1, 0.15) is 5.03 Å². The van der Waals surface area contributed by atoms with E-state index >= 15 is 0 Å². The van der Waals surface area contributed by atoms with E-state index in [1.165, 1.54) is 12.3 Å². The minimum absolute atomic E-state index is 0.0154. The van der Waals surface area contributed by atoms with Crippen molar-refractivity contribution in [2.24, 2.45) is 0 Å². The molecule has 1 aromatic heterocycles. The Kier molecular flexibility index (Phi) is 7.96. The molecule has 0 aliphatic rings. The van der Waals surface area contributed by atoms with Gasteiger partial charge in [0, 0.05) is 19.6 Å². The van der Waals surface area contributed by atoms with Crippen molar-refractivity contribution >= 4 is 109 Å². The summed E-state index contributed by atoms with van der Waals surface area (Å²) < 4.78 is 3.60. The summed E-state index contributed by atoms with van der Waals surface area (Å²) in [6, 6.07) is 2.99. The largest absolute Gasteiger partial charge is 0.478 e. The fourth-order valence-corrected chi connectivity index (χ4v) is 5.72. The van der Waals surface area contributed by atoms with Crippen molar-refractivity contribution in [3.8, 4) is 0 Å². The Bertz CT molecular complexity index is 834. The maximum atomic E-state index is 12.3. The summed E-state index contributed by atoms with van der Waals surface area (Å²) in [4.78, 5) is 27.5. The quantitative estimate of drug-likeness (QED) is 0.219. The lowest BCUT2D eigenvalue weighted by molar-refractivity contribution is -0.113. The van der Waals surface area contributed by atoms with Crippen LogP contribution in [-0.4, -0.2) is 27.7 Å². The smallest absolute Gasteiger partial charge is 0.338 e. The Morgan fingerprint density at radius 3 is 2.16 bits per heavy atom. The SMILES string of the molecule is O=C(CSc1ncccc1C(=O)O)Nc1c(Br)c(Br)c(Br)c(Br)c1Br. The molecule has 2 aromatic rings. The number of amides is 1. The Morgan fingerprint density at radius 1 is 1.04 bits per heavy atom. The Labute approximate surface area is 189 Å². The number of thioether (sulfide) groups is 1. The van der Waals surface area contributed by atoms with E-state index < -0.39 is 5.97 Å². The molecule has 0 atom stereocenters. The van der Waals surface area contributed by atoms with E-state index in [4.69, 9.17) is 5.11 Å². The first-order valence-electron chi connectivity index (χ1n) is 6.36. The Balaban J connectivity index is 2.16. The number of aromatic carboxylic acids is 1. The van der Waals surface area contributed by atoms with E-state index in [-0.39, 0.29) is 17.2 Å². The average molecular weight is 683 g/mol. The highest BCUT2D eigenvalue weighted by atomic mass is 79.9. The van der Waals surface area contributed by atoms with Gasteiger partial charge in [0.15, 0.2) is 0 Å². The van der Waals surface area contributed by atoms with Crippen LogP contribution in [0.15, 0.2) is 45.7 Å². The summed E-state index contributed by atoms with van der Waals surface area (Å²) in [5, 5.41) is 12.2. The number of carbonyl (C=O) groups is 2. The molecular weight excluding hydrogens is 676 g/mol. The number of carboxylic acid groups (broad SMARTS) is 1. The number of anilines is 1. The van der Waals surface area contributed by atoms with Crippen molar-refractivity contribution in [3.05, 3.63) is 46.3 Å². The zero-order valence-corrected chi connectivity index (χ0v) is 20.7. The molecule has 1 heterocycles. The van der Waals surface area contributed by atoms with Crippen molar-refractivity contribution in [1.29, 1.82) is 0 Å². The first-order chi connectivity index (χ1) is 11.7. The van der Waals surface area contributed by atoms with Crippen molar-refractivity contribution in [3.63, 3.8) is 0 Å². The van der Waals surface area contributed by atoms with E-state index in [9.17, 15) is 9.59 Å². The van der Waals surface area contributed by atoms with Gasteiger partial charge in [-0.15, -0.1) is 0 Å². The van der Waals surface area contributed by atoms with Crippen LogP contribution in [0.1, 0.15) is 10.4 Å². The molecule has 0 bridgehead atoms. The van der Waals surface area contributed by atoms with Gasteiger partial charge >= 0.3 is 5.97 Å². The van der Waals surface area contributed by atoms with Crippen molar-refractivity contribution in [1.82, 2.24) is 4.98 Å². The van der Waals surface area contributed by atoms with E-state index in [0.29, 0.717) is 19.7 Å². The minimum atomic E-state index is -1.08. The maximum Gasteiger partial charge on any atom is 0.338 e. The second kappa shape index (κ2) is 9.32. The lowest BCUT2D eigenvalue weighted by Gasteiger charge is -2.14. The highest BCUT2D eigenvalue weighted by molar-refractivity contribution is 9.15. The van der Waals surface area contributed by atoms with Crippen LogP contribution in [0.5, 0.6) is 0 Å². The first kappa shape index (κ1) is 21.4. The number of aromatic nitrogens is 1. The molecule has 1 aromatic carbocycles. The maximum absolute atomic E-state index is 12.3. The third-order valence-corrected chi connectivity index (χ3v) is 9.91. The molecule has 5 nitrogen and oxygen atoms in total. The molecule has 2 rings (SSSR count). The van der Waals surface area contributed by atoms with E-state index in [1.54, 1.807) is 6.07 Å². The fourth-order valence-electron chi connectivity index (χ4n) is 1.69. The number of hydrogen-bond acceptors (Lipinski definition) is 4. The summed E-state index contributed by atoms with van der Waals surface area (Å²) >= 11 is 18.2. The number of nitrogens with zero attached hydrogens (tertiary/aromatic N) is 1. The second-order valence-electron chi connectivity index (χ2n) is 4.44. The van der Waals surface area contributed by atoms with Crippen molar-refractivity contribution < 1.29 is 14.7 Å². The van der Waals surface area contributed by atoms with Crippen LogP contribution in [0.25, 0.3) is 0 Å². The van der Waals surface area contributed by atoms with Gasteiger partial charge in [-0.3, -0.25) is 4.79 Å². The monoisotopic (exact) mass is 678 g/mol. The predicted octanol–water partition coefficient (Wildman–Crippen LogP) is 6.32. The third-order valence-electron chi connectivity index (χ3n) is 2.82. The molecule has 0 aliphatic heterocycles. The van der Waals surface area contributed by atoms with Crippen LogP contribution in [-0.2, 0) is 4.79 Å². The normalized spacial score (nSPS) is 10.6. The number of benzene rings is 1. The average Bonchev–Trinajstić information content (AvgIpc) is 2.60. The van der Waals surface area contributed by atoms with E-state index in [1.807, 2.05) is 0 Å². The van der Waals surface area contributed by atoms with Crippen molar-refractivity contribution in [2.45, 2.75) is 5.03 Å². The molecule has 0 aliphatic carbocycles. The molecule has 25 heavy (non-hydrogen) atoms. The minimum Gasteiger partial charge on any atom is -0.478 e. The van der Waals surface area contributed by atoms with Crippen LogP contribution in [0.2, 0.25) is 0 Å².